The fraction of sp³-hybridized carbons (Fsp3) is 0.125. The van der Waals surface area contributed by atoms with Gasteiger partial charge in [0.05, 0.1) is 11.7 Å². The molecule has 0 fully saturated rings. The summed E-state index contributed by atoms with van der Waals surface area (Å²) in [5.41, 5.74) is 1.09. The van der Waals surface area contributed by atoms with E-state index in [0.29, 0.717) is 27.3 Å². The van der Waals surface area contributed by atoms with Crippen molar-refractivity contribution in [1.29, 1.82) is 0 Å². The molecule has 0 spiro atoms. The van der Waals surface area contributed by atoms with Gasteiger partial charge in [0.1, 0.15) is 5.82 Å². The van der Waals surface area contributed by atoms with Crippen molar-refractivity contribution < 1.29 is 9.50 Å². The van der Waals surface area contributed by atoms with E-state index in [1.54, 1.807) is 42.5 Å². The Bertz CT molecular complexity index is 811. The summed E-state index contributed by atoms with van der Waals surface area (Å²) in [6.07, 6.45) is -0.686. The van der Waals surface area contributed by atoms with Gasteiger partial charge in [-0.15, -0.1) is 5.10 Å². The summed E-state index contributed by atoms with van der Waals surface area (Å²) in [6, 6.07) is 13.4. The van der Waals surface area contributed by atoms with E-state index in [4.69, 9.17) is 11.6 Å². The van der Waals surface area contributed by atoms with Crippen LogP contribution in [0.25, 0.3) is 11.4 Å². The molecule has 2 aromatic carbocycles. The zero-order valence-electron chi connectivity index (χ0n) is 11.9. The number of halogens is 2. The van der Waals surface area contributed by atoms with Gasteiger partial charge in [-0.3, -0.25) is 5.10 Å². The molecule has 1 unspecified atom stereocenters. The molecule has 0 aliphatic rings. The smallest absolute Gasteiger partial charge is 0.208 e. The maximum Gasteiger partial charge on any atom is 0.208 e. The largest absolute Gasteiger partial charge is 0.388 e. The molecule has 1 aromatic heterocycles. The quantitative estimate of drug-likeness (QED) is 0.681. The fourth-order valence-electron chi connectivity index (χ4n) is 2.05. The number of thioether (sulfide) groups is 1. The van der Waals surface area contributed by atoms with Gasteiger partial charge in [0, 0.05) is 10.8 Å². The van der Waals surface area contributed by atoms with Crippen LogP contribution in [0.4, 0.5) is 4.39 Å². The summed E-state index contributed by atoms with van der Waals surface area (Å²) in [7, 11) is 0. The number of benzene rings is 2. The molecule has 0 aliphatic heterocycles. The SMILES string of the molecule is OC(CSc1n[nH]c(-c2ccccc2F)n1)c1cccc(Cl)c1. The molecule has 2 N–H and O–H groups in total. The van der Waals surface area contributed by atoms with Gasteiger partial charge in [0.2, 0.25) is 5.16 Å². The monoisotopic (exact) mass is 349 g/mol. The number of H-pyrrole nitrogens is 1. The highest BCUT2D eigenvalue weighted by Crippen LogP contribution is 2.26. The van der Waals surface area contributed by atoms with Crippen LogP contribution in [-0.2, 0) is 0 Å². The highest BCUT2D eigenvalue weighted by atomic mass is 35.5. The van der Waals surface area contributed by atoms with E-state index in [0.717, 1.165) is 5.56 Å². The maximum atomic E-state index is 13.7. The van der Waals surface area contributed by atoms with E-state index >= 15 is 0 Å². The van der Waals surface area contributed by atoms with Gasteiger partial charge in [-0.25, -0.2) is 9.37 Å². The fourth-order valence-corrected chi connectivity index (χ4v) is 3.01. The lowest BCUT2D eigenvalue weighted by atomic mass is 10.1. The summed E-state index contributed by atoms with van der Waals surface area (Å²) in [5.74, 6) is 0.372. The van der Waals surface area contributed by atoms with Gasteiger partial charge in [-0.05, 0) is 29.8 Å². The lowest BCUT2D eigenvalue weighted by molar-refractivity contribution is 0.204. The molecule has 0 amide bonds. The van der Waals surface area contributed by atoms with Crippen LogP contribution in [0.5, 0.6) is 0 Å². The molecule has 0 saturated carbocycles. The Kier molecular flexibility index (Phi) is 4.95. The molecule has 0 saturated heterocycles. The molecule has 1 heterocycles. The van der Waals surface area contributed by atoms with Crippen LogP contribution in [0.15, 0.2) is 53.7 Å². The van der Waals surface area contributed by atoms with Crippen LogP contribution in [0.2, 0.25) is 5.02 Å². The molecular weight excluding hydrogens is 337 g/mol. The number of hydrogen-bond acceptors (Lipinski definition) is 4. The van der Waals surface area contributed by atoms with Crippen molar-refractivity contribution in [3.05, 3.63) is 64.9 Å². The molecule has 3 aromatic rings. The third kappa shape index (κ3) is 3.90. The number of aliphatic hydroxyl groups is 1. The maximum absolute atomic E-state index is 13.7. The highest BCUT2D eigenvalue weighted by Gasteiger charge is 2.13. The Morgan fingerprint density at radius 1 is 1.22 bits per heavy atom. The number of aliphatic hydroxyl groups excluding tert-OH is 1. The molecule has 0 bridgehead atoms. The van der Waals surface area contributed by atoms with E-state index in [-0.39, 0.29) is 5.82 Å². The van der Waals surface area contributed by atoms with E-state index < -0.39 is 6.10 Å². The van der Waals surface area contributed by atoms with Gasteiger partial charge in [-0.1, -0.05) is 47.6 Å². The average molecular weight is 350 g/mol. The van der Waals surface area contributed by atoms with Gasteiger partial charge in [-0.2, -0.15) is 0 Å². The van der Waals surface area contributed by atoms with E-state index in [2.05, 4.69) is 15.2 Å². The van der Waals surface area contributed by atoms with Gasteiger partial charge >= 0.3 is 0 Å². The molecule has 118 valence electrons. The van der Waals surface area contributed by atoms with Crippen LogP contribution >= 0.6 is 23.4 Å². The number of nitrogens with zero attached hydrogens (tertiary/aromatic N) is 2. The van der Waals surface area contributed by atoms with Gasteiger partial charge in [0.15, 0.2) is 5.82 Å². The number of nitrogens with one attached hydrogen (secondary N) is 1. The highest BCUT2D eigenvalue weighted by molar-refractivity contribution is 7.99. The minimum Gasteiger partial charge on any atom is -0.388 e. The van der Waals surface area contributed by atoms with Crippen molar-refractivity contribution in [1.82, 2.24) is 15.2 Å². The second-order valence-corrected chi connectivity index (χ2v) is 6.25. The summed E-state index contributed by atoms with van der Waals surface area (Å²) in [4.78, 5) is 4.24. The molecule has 4 nitrogen and oxygen atoms in total. The predicted octanol–water partition coefficient (Wildman–Crippen LogP) is 4.09. The van der Waals surface area contributed by atoms with Crippen molar-refractivity contribution in [3.63, 3.8) is 0 Å². The van der Waals surface area contributed by atoms with Gasteiger partial charge < -0.3 is 5.11 Å². The zero-order valence-corrected chi connectivity index (χ0v) is 13.5. The van der Waals surface area contributed by atoms with Crippen molar-refractivity contribution in [2.75, 3.05) is 5.75 Å². The first kappa shape index (κ1) is 16.0. The lowest BCUT2D eigenvalue weighted by Crippen LogP contribution is -2.00. The minimum absolute atomic E-state index is 0.362. The normalized spacial score (nSPS) is 12.3. The third-order valence-corrected chi connectivity index (χ3v) is 4.36. The Balaban J connectivity index is 1.67. The molecule has 0 aliphatic carbocycles. The van der Waals surface area contributed by atoms with Crippen molar-refractivity contribution >= 4 is 23.4 Å². The van der Waals surface area contributed by atoms with Crippen LogP contribution < -0.4 is 0 Å². The van der Waals surface area contributed by atoms with Crippen LogP contribution in [0, 0.1) is 5.82 Å². The number of aromatic nitrogens is 3. The third-order valence-electron chi connectivity index (χ3n) is 3.20. The van der Waals surface area contributed by atoms with Gasteiger partial charge in [0.25, 0.3) is 0 Å². The predicted molar refractivity (Wildman–Crippen MR) is 88.9 cm³/mol. The van der Waals surface area contributed by atoms with Crippen LogP contribution in [0.1, 0.15) is 11.7 Å². The summed E-state index contributed by atoms with van der Waals surface area (Å²) in [6.45, 7) is 0. The van der Waals surface area contributed by atoms with Crippen molar-refractivity contribution in [3.8, 4) is 11.4 Å². The summed E-state index contributed by atoms with van der Waals surface area (Å²) in [5, 5.41) is 17.9. The molecule has 3 rings (SSSR count). The molecule has 23 heavy (non-hydrogen) atoms. The first-order chi connectivity index (χ1) is 11.1. The van der Waals surface area contributed by atoms with Crippen LogP contribution in [0.3, 0.4) is 0 Å². The zero-order chi connectivity index (χ0) is 16.2. The molecule has 0 radical (unpaired) electrons. The molecule has 1 atom stereocenters. The Morgan fingerprint density at radius 3 is 2.83 bits per heavy atom. The first-order valence-electron chi connectivity index (χ1n) is 6.87. The molecular formula is C16H13ClFN3OS. The summed E-state index contributed by atoms with van der Waals surface area (Å²) >= 11 is 7.19. The summed E-state index contributed by atoms with van der Waals surface area (Å²) < 4.78 is 13.7. The van der Waals surface area contributed by atoms with E-state index in [1.165, 1.54) is 17.8 Å². The van der Waals surface area contributed by atoms with Crippen molar-refractivity contribution in [2.24, 2.45) is 0 Å². The molecule has 7 heteroatoms. The lowest BCUT2D eigenvalue weighted by Gasteiger charge is -2.09. The number of hydrogen-bond donors (Lipinski definition) is 2. The van der Waals surface area contributed by atoms with Crippen molar-refractivity contribution in [2.45, 2.75) is 11.3 Å². The second kappa shape index (κ2) is 7.12. The van der Waals surface area contributed by atoms with Crippen LogP contribution in [-0.4, -0.2) is 26.0 Å². The standard InChI is InChI=1S/C16H13ClFN3OS/c17-11-5-3-4-10(8-11)14(22)9-23-16-19-15(20-21-16)12-6-1-2-7-13(12)18/h1-8,14,22H,9H2,(H,19,20,21). The van der Waals surface area contributed by atoms with E-state index in [1.807, 2.05) is 0 Å². The average Bonchev–Trinajstić information content (AvgIpc) is 3.02. The Labute approximate surface area is 141 Å². The second-order valence-electron chi connectivity index (χ2n) is 4.83. The first-order valence-corrected chi connectivity index (χ1v) is 8.23. The Hall–Kier alpha value is -1.89. The Morgan fingerprint density at radius 2 is 2.04 bits per heavy atom. The minimum atomic E-state index is -0.686. The number of rotatable bonds is 5. The number of aromatic amines is 1. The van der Waals surface area contributed by atoms with E-state index in [9.17, 15) is 9.50 Å². The topological polar surface area (TPSA) is 61.8 Å².